The van der Waals surface area contributed by atoms with Gasteiger partial charge in [0, 0.05) is 0 Å². The van der Waals surface area contributed by atoms with E-state index in [-0.39, 0.29) is 0 Å². The van der Waals surface area contributed by atoms with Crippen LogP contribution < -0.4 is 0 Å². The molecule has 3 aliphatic rings. The fourth-order valence-electron chi connectivity index (χ4n) is 7.95. The lowest BCUT2D eigenvalue weighted by Gasteiger charge is -2.26. The minimum absolute atomic E-state index is 0.538. The second kappa shape index (κ2) is 17.9. The van der Waals surface area contributed by atoms with Gasteiger partial charge in [0.25, 0.3) is 0 Å². The first-order chi connectivity index (χ1) is 25.6. The molecule has 302 valence electrons. The third-order valence-electron chi connectivity index (χ3n) is 11.0. The number of ether oxygens (including phenoxy) is 2. The number of carboxylic acids is 8. The van der Waals surface area contributed by atoms with Gasteiger partial charge in [-0.3, -0.25) is 57.5 Å². The minimum atomic E-state index is -2.08. The van der Waals surface area contributed by atoms with Crippen LogP contribution in [0.4, 0.5) is 0 Å². The zero-order chi connectivity index (χ0) is 41.6. The number of hydrogen-bond acceptors (Lipinski definition) is 14. The zero-order valence-electron chi connectivity index (χ0n) is 28.6. The first-order valence-corrected chi connectivity index (χ1v) is 16.9. The maximum atomic E-state index is 13.6. The van der Waals surface area contributed by atoms with Crippen LogP contribution in [0.5, 0.6) is 0 Å². The number of rotatable bonds is 12. The predicted octanol–water partition coefficient (Wildman–Crippen LogP) is -0.251. The Kier molecular flexibility index (Phi) is 14.1. The van der Waals surface area contributed by atoms with Crippen LogP contribution in [0.3, 0.4) is 0 Å². The number of carbonyl (C=O) groups is 12. The summed E-state index contributed by atoms with van der Waals surface area (Å²) < 4.78 is 9.84. The molecule has 3 rings (SSSR count). The van der Waals surface area contributed by atoms with Crippen molar-refractivity contribution in [1.29, 1.82) is 0 Å². The summed E-state index contributed by atoms with van der Waals surface area (Å²) >= 11 is 0. The highest BCUT2D eigenvalue weighted by Crippen LogP contribution is 2.42. The Balaban J connectivity index is 1.97. The molecule has 55 heavy (non-hydrogen) atoms. The van der Waals surface area contributed by atoms with Crippen molar-refractivity contribution in [3.05, 3.63) is 0 Å². The molecule has 0 aromatic heterocycles. The molecule has 0 heterocycles. The van der Waals surface area contributed by atoms with Gasteiger partial charge in [0.05, 0.1) is 71.0 Å². The van der Waals surface area contributed by atoms with Gasteiger partial charge in [-0.25, -0.2) is 0 Å². The Morgan fingerprint density at radius 1 is 0.255 bits per heavy atom. The summed E-state index contributed by atoms with van der Waals surface area (Å²) in [7, 11) is 0. The van der Waals surface area contributed by atoms with E-state index >= 15 is 0 Å². The minimum Gasteiger partial charge on any atom is -0.481 e. The van der Waals surface area contributed by atoms with Crippen molar-refractivity contribution in [3.8, 4) is 0 Å². The Bertz CT molecular complexity index is 1650. The Hall–Kier alpha value is -5.96. The van der Waals surface area contributed by atoms with Gasteiger partial charge in [0.2, 0.25) is 0 Å². The molecular formula is C33H38O22. The van der Waals surface area contributed by atoms with Crippen LogP contribution in [0.2, 0.25) is 0 Å². The number of hydrogen-bond donors (Lipinski definition) is 8. The quantitative estimate of drug-likeness (QED) is 0.0718. The van der Waals surface area contributed by atoms with Gasteiger partial charge in [-0.2, -0.15) is 0 Å². The van der Waals surface area contributed by atoms with E-state index in [9.17, 15) is 98.4 Å². The lowest BCUT2D eigenvalue weighted by atomic mass is 9.82. The molecule has 3 fully saturated rings. The van der Waals surface area contributed by atoms with E-state index in [2.05, 4.69) is 0 Å². The molecule has 0 amide bonds. The standard InChI is InChI=1S/C33H38O22/c34-22(35)10-1-4-13(19(28(46)47)7-16(10)25(40)41)30(50)54-32(52)15-6-3-12(24(38)39)18(27(44)45)9-21(15)33(53)55-31(51)14-5-2-11(23(36)37)17(26(42)43)8-20(14)29(48)49/h10-21H,1-9H2,(H,34,35)(H,36,37)(H,38,39)(H,40,41)(H,42,43)(H,44,45)(H,46,47)(H,48,49). The number of esters is 4. The fourth-order valence-corrected chi connectivity index (χ4v) is 7.95. The Labute approximate surface area is 308 Å². The van der Waals surface area contributed by atoms with Crippen molar-refractivity contribution in [2.24, 2.45) is 71.0 Å². The van der Waals surface area contributed by atoms with E-state index in [4.69, 9.17) is 9.47 Å². The van der Waals surface area contributed by atoms with E-state index in [0.717, 1.165) is 0 Å². The molecule has 12 atom stereocenters. The van der Waals surface area contributed by atoms with Crippen molar-refractivity contribution < 1.29 is 108 Å². The average Bonchev–Trinajstić information content (AvgIpc) is 3.51. The van der Waals surface area contributed by atoms with Crippen LogP contribution in [-0.2, 0) is 67.0 Å². The molecule has 0 aliphatic heterocycles. The average molecular weight is 787 g/mol. The van der Waals surface area contributed by atoms with E-state index in [1.165, 1.54) is 0 Å². The maximum absolute atomic E-state index is 13.6. The molecule has 0 aromatic carbocycles. The Morgan fingerprint density at radius 2 is 0.418 bits per heavy atom. The van der Waals surface area contributed by atoms with Crippen LogP contribution in [0.15, 0.2) is 0 Å². The molecule has 22 nitrogen and oxygen atoms in total. The number of carbonyl (C=O) groups excluding carboxylic acids is 4. The highest BCUT2D eigenvalue weighted by Gasteiger charge is 2.51. The van der Waals surface area contributed by atoms with Crippen molar-refractivity contribution in [2.75, 3.05) is 0 Å². The zero-order valence-corrected chi connectivity index (χ0v) is 28.6. The molecule has 0 radical (unpaired) electrons. The number of carboxylic acid groups (broad SMARTS) is 8. The van der Waals surface area contributed by atoms with Crippen LogP contribution in [0, 0.1) is 71.0 Å². The van der Waals surface area contributed by atoms with E-state index < -0.39 is 200 Å². The highest BCUT2D eigenvalue weighted by atomic mass is 16.6. The summed E-state index contributed by atoms with van der Waals surface area (Å²) in [5.41, 5.74) is 0. The van der Waals surface area contributed by atoms with Gasteiger partial charge >= 0.3 is 71.6 Å². The topological polar surface area (TPSA) is 385 Å². The van der Waals surface area contributed by atoms with Crippen LogP contribution >= 0.6 is 0 Å². The van der Waals surface area contributed by atoms with Crippen LogP contribution in [0.1, 0.15) is 57.8 Å². The largest absolute Gasteiger partial charge is 0.481 e. The first-order valence-electron chi connectivity index (χ1n) is 16.9. The van der Waals surface area contributed by atoms with Gasteiger partial charge in [-0.1, -0.05) is 0 Å². The summed E-state index contributed by atoms with van der Waals surface area (Å²) in [4.78, 5) is 150. The lowest BCUT2D eigenvalue weighted by Crippen LogP contribution is -2.40. The van der Waals surface area contributed by atoms with Crippen molar-refractivity contribution in [2.45, 2.75) is 57.8 Å². The predicted molar refractivity (Wildman–Crippen MR) is 167 cm³/mol. The van der Waals surface area contributed by atoms with Gasteiger partial charge in [0.1, 0.15) is 0 Å². The second-order valence-corrected chi connectivity index (χ2v) is 13.9. The van der Waals surface area contributed by atoms with E-state index in [1.807, 2.05) is 0 Å². The molecule has 8 N–H and O–H groups in total. The molecule has 0 aromatic rings. The lowest BCUT2D eigenvalue weighted by molar-refractivity contribution is -0.177. The van der Waals surface area contributed by atoms with Gasteiger partial charge in [-0.15, -0.1) is 0 Å². The highest BCUT2D eigenvalue weighted by molar-refractivity contribution is 5.96. The SMILES string of the molecule is O=C(O)C1CCC(C(=O)OC(=O)C2CCC(C(=O)O)C(C(=O)O)CC2C(=O)OC(=O)C2CCC(C(=O)O)C(C(=O)O)CC2C(=O)O)C(C(=O)O)CC1C(=O)O. The third-order valence-corrected chi connectivity index (χ3v) is 11.0. The molecule has 0 saturated heterocycles. The smallest absolute Gasteiger partial charge is 0.317 e. The summed E-state index contributed by atoms with van der Waals surface area (Å²) in [6.45, 7) is 0. The molecule has 22 heteroatoms. The fraction of sp³-hybridized carbons (Fsp3) is 0.636. The van der Waals surface area contributed by atoms with Gasteiger partial charge in [0.15, 0.2) is 0 Å². The summed E-state index contributed by atoms with van der Waals surface area (Å²) in [5, 5.41) is 77.4. The van der Waals surface area contributed by atoms with E-state index in [0.29, 0.717) is 0 Å². The maximum Gasteiger partial charge on any atom is 0.317 e. The van der Waals surface area contributed by atoms with Crippen LogP contribution in [-0.4, -0.2) is 112 Å². The second-order valence-electron chi connectivity index (χ2n) is 13.9. The van der Waals surface area contributed by atoms with Crippen molar-refractivity contribution >= 4 is 71.6 Å². The third kappa shape index (κ3) is 9.97. The van der Waals surface area contributed by atoms with Crippen molar-refractivity contribution in [1.82, 2.24) is 0 Å². The molecule has 3 aliphatic carbocycles. The Morgan fingerprint density at radius 3 is 0.655 bits per heavy atom. The van der Waals surface area contributed by atoms with E-state index in [1.54, 1.807) is 0 Å². The molecular weight excluding hydrogens is 748 g/mol. The monoisotopic (exact) mass is 786 g/mol. The summed E-state index contributed by atoms with van der Waals surface area (Å²) in [5.74, 6) is -42.0. The summed E-state index contributed by atoms with van der Waals surface area (Å²) in [6.07, 6.45) is -6.38. The normalized spacial score (nSPS) is 32.4. The molecule has 0 bridgehead atoms. The summed E-state index contributed by atoms with van der Waals surface area (Å²) in [6, 6.07) is 0. The van der Waals surface area contributed by atoms with Crippen molar-refractivity contribution in [3.63, 3.8) is 0 Å². The molecule has 0 spiro atoms. The molecule has 3 saturated carbocycles. The molecule has 12 unspecified atom stereocenters. The van der Waals surface area contributed by atoms with Gasteiger partial charge < -0.3 is 50.3 Å². The van der Waals surface area contributed by atoms with Crippen LogP contribution in [0.25, 0.3) is 0 Å². The van der Waals surface area contributed by atoms with Gasteiger partial charge in [-0.05, 0) is 57.8 Å². The first kappa shape index (κ1) is 43.4. The number of aliphatic carboxylic acids is 8.